The molecule has 1 aromatic heterocycles. The Morgan fingerprint density at radius 1 is 1.44 bits per heavy atom. The molecule has 1 heterocycles. The maximum atomic E-state index is 11.3. The number of Topliss-reactive ketones (excluding diaryl/α,β-unsaturated/α-hetero) is 1. The van der Waals surface area contributed by atoms with Crippen molar-refractivity contribution >= 4 is 23.1 Å². The van der Waals surface area contributed by atoms with Crippen LogP contribution in [0.25, 0.3) is 0 Å². The maximum absolute atomic E-state index is 11.3. The third-order valence-electron chi connectivity index (χ3n) is 2.38. The molecule has 0 bridgehead atoms. The molecule has 1 aromatic rings. The van der Waals surface area contributed by atoms with Gasteiger partial charge in [-0.05, 0) is 25.3 Å². The molecule has 0 amide bonds. The van der Waals surface area contributed by atoms with Crippen LogP contribution < -0.4 is 0 Å². The molecule has 0 radical (unpaired) electrons. The van der Waals surface area contributed by atoms with E-state index in [1.165, 1.54) is 18.3 Å². The van der Waals surface area contributed by atoms with Gasteiger partial charge in [-0.15, -0.1) is 11.3 Å². The summed E-state index contributed by atoms with van der Waals surface area (Å²) in [7, 11) is 0. The first-order chi connectivity index (χ1) is 8.47. The lowest BCUT2D eigenvalue weighted by Crippen LogP contribution is -2.23. The van der Waals surface area contributed by atoms with Crippen LogP contribution >= 0.6 is 11.3 Å². The molecule has 2 N–H and O–H groups in total. The molecule has 0 aliphatic heterocycles. The van der Waals surface area contributed by atoms with E-state index < -0.39 is 18.2 Å². The van der Waals surface area contributed by atoms with E-state index in [1.807, 2.05) is 0 Å². The largest absolute Gasteiger partial charge is 0.466 e. The van der Waals surface area contributed by atoms with E-state index in [0.717, 1.165) is 0 Å². The summed E-state index contributed by atoms with van der Waals surface area (Å²) in [6.07, 6.45) is -2.85. The summed E-state index contributed by atoms with van der Waals surface area (Å²) in [5.41, 5.74) is 0.351. The molecule has 2 unspecified atom stereocenters. The van der Waals surface area contributed by atoms with Crippen molar-refractivity contribution in [2.24, 2.45) is 0 Å². The summed E-state index contributed by atoms with van der Waals surface area (Å²) < 4.78 is 4.68. The lowest BCUT2D eigenvalue weighted by molar-refractivity contribution is -0.147. The number of rotatable bonds is 6. The number of aliphatic hydroxyl groups excluding tert-OH is 2. The molecule has 2 atom stereocenters. The molecule has 0 aliphatic carbocycles. The van der Waals surface area contributed by atoms with Gasteiger partial charge < -0.3 is 14.9 Å². The normalized spacial score (nSPS) is 14.0. The van der Waals surface area contributed by atoms with Crippen molar-refractivity contribution in [2.75, 3.05) is 6.61 Å². The standard InChI is InChI=1S/C12H16O5S/c1-3-17-10(15)6-9(14)11(16)8-4-5-18-12(8)7(2)13/h4-5,9,11,14,16H,3,6H2,1-2H3. The van der Waals surface area contributed by atoms with Crippen molar-refractivity contribution in [2.45, 2.75) is 32.5 Å². The Kier molecular flexibility index (Phi) is 5.46. The quantitative estimate of drug-likeness (QED) is 0.602. The van der Waals surface area contributed by atoms with Crippen molar-refractivity contribution in [1.29, 1.82) is 0 Å². The molecular formula is C12H16O5S. The summed E-state index contributed by atoms with van der Waals surface area (Å²) in [4.78, 5) is 22.9. The van der Waals surface area contributed by atoms with Gasteiger partial charge in [-0.3, -0.25) is 9.59 Å². The van der Waals surface area contributed by atoms with Gasteiger partial charge in [0.25, 0.3) is 0 Å². The molecule has 0 saturated heterocycles. The average Bonchev–Trinajstić information content (AvgIpc) is 2.76. The minimum absolute atomic E-state index is 0.178. The number of aliphatic hydroxyl groups is 2. The Balaban J connectivity index is 2.74. The molecule has 6 heteroatoms. The monoisotopic (exact) mass is 272 g/mol. The fourth-order valence-electron chi connectivity index (χ4n) is 1.55. The fraction of sp³-hybridized carbons (Fsp3) is 0.500. The number of ketones is 1. The maximum Gasteiger partial charge on any atom is 0.308 e. The fourth-order valence-corrected chi connectivity index (χ4v) is 2.39. The van der Waals surface area contributed by atoms with Crippen LogP contribution in [0.2, 0.25) is 0 Å². The highest BCUT2D eigenvalue weighted by Gasteiger charge is 2.25. The van der Waals surface area contributed by atoms with E-state index in [-0.39, 0.29) is 18.8 Å². The smallest absolute Gasteiger partial charge is 0.308 e. The van der Waals surface area contributed by atoms with Crippen LogP contribution in [0.4, 0.5) is 0 Å². The summed E-state index contributed by atoms with van der Waals surface area (Å²) in [6, 6.07) is 1.57. The van der Waals surface area contributed by atoms with Crippen molar-refractivity contribution in [3.05, 3.63) is 21.9 Å². The Hall–Kier alpha value is -1.24. The van der Waals surface area contributed by atoms with Crippen LogP contribution in [0.1, 0.15) is 41.6 Å². The zero-order valence-corrected chi connectivity index (χ0v) is 11.1. The first-order valence-electron chi connectivity index (χ1n) is 5.57. The van der Waals surface area contributed by atoms with E-state index in [1.54, 1.807) is 18.4 Å². The van der Waals surface area contributed by atoms with Gasteiger partial charge in [0.2, 0.25) is 0 Å². The lowest BCUT2D eigenvalue weighted by atomic mass is 10.0. The predicted molar refractivity (Wildman–Crippen MR) is 66.5 cm³/mol. The highest BCUT2D eigenvalue weighted by atomic mass is 32.1. The van der Waals surface area contributed by atoms with Crippen LogP contribution in [0.15, 0.2) is 11.4 Å². The molecule has 0 aromatic carbocycles. The highest BCUT2D eigenvalue weighted by Crippen LogP contribution is 2.27. The Morgan fingerprint density at radius 3 is 2.67 bits per heavy atom. The van der Waals surface area contributed by atoms with E-state index in [9.17, 15) is 19.8 Å². The zero-order valence-electron chi connectivity index (χ0n) is 10.3. The molecule has 5 nitrogen and oxygen atoms in total. The van der Waals surface area contributed by atoms with E-state index >= 15 is 0 Å². The van der Waals surface area contributed by atoms with Gasteiger partial charge in [-0.25, -0.2) is 0 Å². The third kappa shape index (κ3) is 3.63. The first-order valence-corrected chi connectivity index (χ1v) is 6.45. The average molecular weight is 272 g/mol. The second-order valence-corrected chi connectivity index (χ2v) is 4.70. The van der Waals surface area contributed by atoms with Crippen LogP contribution in [0.5, 0.6) is 0 Å². The number of hydrogen-bond acceptors (Lipinski definition) is 6. The van der Waals surface area contributed by atoms with Gasteiger partial charge in [0.05, 0.1) is 24.0 Å². The second-order valence-electron chi connectivity index (χ2n) is 3.78. The second kappa shape index (κ2) is 6.63. The summed E-state index contributed by atoms with van der Waals surface area (Å²) in [5.74, 6) is -0.758. The van der Waals surface area contributed by atoms with Gasteiger partial charge in [0.15, 0.2) is 5.78 Å². The van der Waals surface area contributed by atoms with Crippen LogP contribution in [0.3, 0.4) is 0 Å². The number of carbonyl (C=O) groups excluding carboxylic acids is 2. The number of hydrogen-bond donors (Lipinski definition) is 2. The Morgan fingerprint density at radius 2 is 2.11 bits per heavy atom. The number of carbonyl (C=O) groups is 2. The van der Waals surface area contributed by atoms with Crippen molar-refractivity contribution < 1.29 is 24.5 Å². The van der Waals surface area contributed by atoms with E-state index in [0.29, 0.717) is 10.4 Å². The topological polar surface area (TPSA) is 83.8 Å². The SMILES string of the molecule is CCOC(=O)CC(O)C(O)c1ccsc1C(C)=O. The molecule has 0 spiro atoms. The van der Waals surface area contributed by atoms with Crippen LogP contribution in [-0.2, 0) is 9.53 Å². The van der Waals surface area contributed by atoms with E-state index in [4.69, 9.17) is 0 Å². The van der Waals surface area contributed by atoms with Crippen molar-refractivity contribution in [3.63, 3.8) is 0 Å². The highest BCUT2D eigenvalue weighted by molar-refractivity contribution is 7.12. The molecule has 1 rings (SSSR count). The minimum Gasteiger partial charge on any atom is -0.466 e. The Labute approximate surface area is 109 Å². The van der Waals surface area contributed by atoms with Gasteiger partial charge in [0, 0.05) is 5.56 Å². The number of ether oxygens (including phenoxy) is 1. The van der Waals surface area contributed by atoms with Gasteiger partial charge in [0.1, 0.15) is 6.10 Å². The van der Waals surface area contributed by atoms with Crippen LogP contribution in [0, 0.1) is 0 Å². The third-order valence-corrected chi connectivity index (χ3v) is 3.41. The molecule has 18 heavy (non-hydrogen) atoms. The number of esters is 1. The number of thiophene rings is 1. The zero-order chi connectivity index (χ0) is 13.7. The lowest BCUT2D eigenvalue weighted by Gasteiger charge is -2.17. The van der Waals surface area contributed by atoms with Crippen molar-refractivity contribution in [3.8, 4) is 0 Å². The van der Waals surface area contributed by atoms with Crippen molar-refractivity contribution in [1.82, 2.24) is 0 Å². The molecule has 100 valence electrons. The van der Waals surface area contributed by atoms with Gasteiger partial charge >= 0.3 is 5.97 Å². The predicted octanol–water partition coefficient (Wildman–Crippen LogP) is 1.30. The summed E-state index contributed by atoms with van der Waals surface area (Å²) >= 11 is 1.20. The van der Waals surface area contributed by atoms with Gasteiger partial charge in [-0.1, -0.05) is 0 Å². The Bertz CT molecular complexity index is 426. The van der Waals surface area contributed by atoms with E-state index in [2.05, 4.69) is 4.74 Å². The molecule has 0 fully saturated rings. The molecular weight excluding hydrogens is 256 g/mol. The molecule has 0 aliphatic rings. The summed E-state index contributed by atoms with van der Waals surface area (Å²) in [5, 5.41) is 21.3. The molecule has 0 saturated carbocycles. The summed E-state index contributed by atoms with van der Waals surface area (Å²) in [6.45, 7) is 3.27. The van der Waals surface area contributed by atoms with Crippen LogP contribution in [-0.4, -0.2) is 34.7 Å². The minimum atomic E-state index is -1.28. The first kappa shape index (κ1) is 14.8. The van der Waals surface area contributed by atoms with Gasteiger partial charge in [-0.2, -0.15) is 0 Å².